The van der Waals surface area contributed by atoms with Crippen molar-refractivity contribution in [2.24, 2.45) is 0 Å². The molecule has 0 saturated heterocycles. The molecule has 0 aliphatic carbocycles. The van der Waals surface area contributed by atoms with E-state index in [0.717, 1.165) is 6.20 Å². The highest BCUT2D eigenvalue weighted by atomic mass is 19.1. The lowest BCUT2D eigenvalue weighted by Crippen LogP contribution is -2.23. The number of aromatic nitrogens is 1. The fraction of sp³-hybridized carbons (Fsp3) is 0.214. The lowest BCUT2D eigenvalue weighted by molar-refractivity contribution is 0.552. The second kappa shape index (κ2) is 5.69. The number of halogens is 2. The molecule has 1 atom stereocenters. The SMILES string of the molecule is CCNC(c1cncc(F)c1)c1ccccc1F. The Labute approximate surface area is 105 Å². The molecule has 0 aliphatic rings. The number of benzene rings is 1. The monoisotopic (exact) mass is 248 g/mol. The van der Waals surface area contributed by atoms with Crippen LogP contribution in [0.3, 0.4) is 0 Å². The third-order valence-electron chi connectivity index (χ3n) is 2.68. The molecule has 2 rings (SSSR count). The fourth-order valence-corrected chi connectivity index (χ4v) is 1.91. The van der Waals surface area contributed by atoms with Crippen molar-refractivity contribution in [1.82, 2.24) is 10.3 Å². The summed E-state index contributed by atoms with van der Waals surface area (Å²) in [6, 6.07) is 7.45. The van der Waals surface area contributed by atoms with Crippen molar-refractivity contribution in [3.8, 4) is 0 Å². The van der Waals surface area contributed by atoms with E-state index in [9.17, 15) is 8.78 Å². The smallest absolute Gasteiger partial charge is 0.141 e. The van der Waals surface area contributed by atoms with Gasteiger partial charge in [-0.3, -0.25) is 4.98 Å². The first-order valence-corrected chi connectivity index (χ1v) is 5.80. The zero-order chi connectivity index (χ0) is 13.0. The summed E-state index contributed by atoms with van der Waals surface area (Å²) in [4.78, 5) is 3.81. The molecule has 94 valence electrons. The Hall–Kier alpha value is -1.81. The van der Waals surface area contributed by atoms with E-state index in [1.165, 1.54) is 12.1 Å². The number of pyridine rings is 1. The van der Waals surface area contributed by atoms with E-state index in [2.05, 4.69) is 10.3 Å². The zero-order valence-electron chi connectivity index (χ0n) is 10.0. The lowest BCUT2D eigenvalue weighted by Gasteiger charge is -2.19. The highest BCUT2D eigenvalue weighted by Crippen LogP contribution is 2.24. The van der Waals surface area contributed by atoms with Crippen molar-refractivity contribution in [3.63, 3.8) is 0 Å². The van der Waals surface area contributed by atoms with Crippen LogP contribution in [0.25, 0.3) is 0 Å². The molecule has 0 aliphatic heterocycles. The van der Waals surface area contributed by atoms with Crippen molar-refractivity contribution in [1.29, 1.82) is 0 Å². The maximum absolute atomic E-state index is 13.8. The molecular weight excluding hydrogens is 234 g/mol. The molecular formula is C14H14F2N2. The highest BCUT2D eigenvalue weighted by molar-refractivity contribution is 5.31. The number of hydrogen-bond acceptors (Lipinski definition) is 2. The Morgan fingerprint density at radius 2 is 2.00 bits per heavy atom. The van der Waals surface area contributed by atoms with Gasteiger partial charge in [-0.1, -0.05) is 25.1 Å². The van der Waals surface area contributed by atoms with E-state index in [1.54, 1.807) is 24.4 Å². The van der Waals surface area contributed by atoms with Gasteiger partial charge in [0.05, 0.1) is 12.2 Å². The van der Waals surface area contributed by atoms with E-state index in [0.29, 0.717) is 17.7 Å². The minimum absolute atomic E-state index is 0.312. The average Bonchev–Trinajstić information content (AvgIpc) is 2.37. The second-order valence-corrected chi connectivity index (χ2v) is 3.95. The average molecular weight is 248 g/mol. The first-order valence-electron chi connectivity index (χ1n) is 5.80. The Morgan fingerprint density at radius 1 is 1.22 bits per heavy atom. The van der Waals surface area contributed by atoms with Crippen LogP contribution in [0.4, 0.5) is 8.78 Å². The molecule has 1 unspecified atom stereocenters. The Bertz CT molecular complexity index is 529. The predicted octanol–water partition coefficient (Wildman–Crippen LogP) is 3.06. The van der Waals surface area contributed by atoms with Gasteiger partial charge in [-0.05, 0) is 24.2 Å². The largest absolute Gasteiger partial charge is 0.306 e. The summed E-state index contributed by atoms with van der Waals surface area (Å²) < 4.78 is 27.0. The topological polar surface area (TPSA) is 24.9 Å². The van der Waals surface area contributed by atoms with Gasteiger partial charge in [-0.15, -0.1) is 0 Å². The molecule has 1 aromatic heterocycles. The van der Waals surface area contributed by atoms with Crippen LogP contribution in [0.15, 0.2) is 42.7 Å². The van der Waals surface area contributed by atoms with Crippen molar-refractivity contribution >= 4 is 0 Å². The zero-order valence-corrected chi connectivity index (χ0v) is 10.0. The van der Waals surface area contributed by atoms with Crippen LogP contribution in [0, 0.1) is 11.6 Å². The third-order valence-corrected chi connectivity index (χ3v) is 2.68. The van der Waals surface area contributed by atoms with Gasteiger partial charge in [0.15, 0.2) is 0 Å². The molecule has 18 heavy (non-hydrogen) atoms. The van der Waals surface area contributed by atoms with Crippen LogP contribution in [0.1, 0.15) is 24.1 Å². The number of nitrogens with zero attached hydrogens (tertiary/aromatic N) is 1. The van der Waals surface area contributed by atoms with E-state index in [-0.39, 0.29) is 11.9 Å². The van der Waals surface area contributed by atoms with Gasteiger partial charge in [-0.25, -0.2) is 8.78 Å². The Balaban J connectivity index is 2.43. The molecule has 0 fully saturated rings. The van der Waals surface area contributed by atoms with Crippen molar-refractivity contribution in [2.45, 2.75) is 13.0 Å². The van der Waals surface area contributed by atoms with Gasteiger partial charge in [0.1, 0.15) is 11.6 Å². The minimum atomic E-state index is -0.424. The minimum Gasteiger partial charge on any atom is -0.306 e. The lowest BCUT2D eigenvalue weighted by atomic mass is 9.99. The molecule has 0 spiro atoms. The Kier molecular flexibility index (Phi) is 3.99. The maximum Gasteiger partial charge on any atom is 0.141 e. The second-order valence-electron chi connectivity index (χ2n) is 3.95. The van der Waals surface area contributed by atoms with Crippen LogP contribution in [-0.2, 0) is 0 Å². The molecule has 1 aromatic carbocycles. The maximum atomic E-state index is 13.8. The summed E-state index contributed by atoms with van der Waals surface area (Å²) in [6.45, 7) is 2.57. The fourth-order valence-electron chi connectivity index (χ4n) is 1.91. The molecule has 4 heteroatoms. The summed E-state index contributed by atoms with van der Waals surface area (Å²) >= 11 is 0. The van der Waals surface area contributed by atoms with Crippen LogP contribution >= 0.6 is 0 Å². The predicted molar refractivity (Wildman–Crippen MR) is 66.1 cm³/mol. The van der Waals surface area contributed by atoms with Gasteiger partial charge in [0.25, 0.3) is 0 Å². The van der Waals surface area contributed by atoms with E-state index in [4.69, 9.17) is 0 Å². The Morgan fingerprint density at radius 3 is 2.67 bits per heavy atom. The van der Waals surface area contributed by atoms with E-state index in [1.807, 2.05) is 6.92 Å². The molecule has 0 radical (unpaired) electrons. The quantitative estimate of drug-likeness (QED) is 0.899. The van der Waals surface area contributed by atoms with Crippen LogP contribution in [0.5, 0.6) is 0 Å². The van der Waals surface area contributed by atoms with Crippen LogP contribution < -0.4 is 5.32 Å². The van der Waals surface area contributed by atoms with Gasteiger partial charge in [0.2, 0.25) is 0 Å². The number of nitrogens with one attached hydrogen (secondary N) is 1. The highest BCUT2D eigenvalue weighted by Gasteiger charge is 2.17. The summed E-state index contributed by atoms with van der Waals surface area (Å²) in [5, 5.41) is 3.14. The molecule has 2 aromatic rings. The number of rotatable bonds is 4. The molecule has 0 amide bonds. The number of hydrogen-bond donors (Lipinski definition) is 1. The van der Waals surface area contributed by atoms with Gasteiger partial charge in [-0.2, -0.15) is 0 Å². The summed E-state index contributed by atoms with van der Waals surface area (Å²) in [7, 11) is 0. The molecule has 1 N–H and O–H groups in total. The van der Waals surface area contributed by atoms with Crippen LogP contribution in [-0.4, -0.2) is 11.5 Å². The van der Waals surface area contributed by atoms with Gasteiger partial charge in [0, 0.05) is 11.8 Å². The normalized spacial score (nSPS) is 12.4. The molecule has 1 heterocycles. The first kappa shape index (κ1) is 12.6. The summed E-state index contributed by atoms with van der Waals surface area (Å²) in [5.41, 5.74) is 1.11. The van der Waals surface area contributed by atoms with Crippen molar-refractivity contribution in [2.75, 3.05) is 6.54 Å². The molecule has 0 bridgehead atoms. The van der Waals surface area contributed by atoms with Gasteiger partial charge >= 0.3 is 0 Å². The molecule has 0 saturated carbocycles. The van der Waals surface area contributed by atoms with Crippen LogP contribution in [0.2, 0.25) is 0 Å². The summed E-state index contributed by atoms with van der Waals surface area (Å²) in [5.74, 6) is -0.737. The first-order chi connectivity index (χ1) is 8.72. The van der Waals surface area contributed by atoms with E-state index < -0.39 is 5.82 Å². The summed E-state index contributed by atoms with van der Waals surface area (Å²) in [6.07, 6.45) is 2.68. The van der Waals surface area contributed by atoms with Crippen molar-refractivity contribution in [3.05, 3.63) is 65.5 Å². The van der Waals surface area contributed by atoms with E-state index >= 15 is 0 Å². The standard InChI is InChI=1S/C14H14F2N2/c1-2-18-14(10-7-11(15)9-17-8-10)12-5-3-4-6-13(12)16/h3-9,14,18H,2H2,1H3. The molecule has 2 nitrogen and oxygen atoms in total. The van der Waals surface area contributed by atoms with Crippen molar-refractivity contribution < 1.29 is 8.78 Å². The van der Waals surface area contributed by atoms with Gasteiger partial charge < -0.3 is 5.32 Å². The third kappa shape index (κ3) is 2.71.